The molecule has 0 bridgehead atoms. The van der Waals surface area contributed by atoms with E-state index in [2.05, 4.69) is 37.1 Å². The molecule has 1 aliphatic heterocycles. The van der Waals surface area contributed by atoms with Crippen LogP contribution in [0.4, 0.5) is 0 Å². The second-order valence-electron chi connectivity index (χ2n) is 6.79. The van der Waals surface area contributed by atoms with Crippen molar-refractivity contribution < 1.29 is 9.53 Å². The molecule has 5 heteroatoms. The fraction of sp³-hybridized carbons (Fsp3) is 0.476. The fourth-order valence-corrected chi connectivity index (χ4v) is 4.44. The maximum absolute atomic E-state index is 12.6. The van der Waals surface area contributed by atoms with Crippen molar-refractivity contribution in [2.24, 2.45) is 0 Å². The number of para-hydroxylation sites is 1. The Balaban J connectivity index is 1.59. The second kappa shape index (κ2) is 8.69. The van der Waals surface area contributed by atoms with Crippen molar-refractivity contribution in [3.8, 4) is 16.2 Å². The normalized spacial score (nSPS) is 13.7. The minimum Gasteiger partial charge on any atom is -0.488 e. The smallest absolute Gasteiger partial charge is 0.261 e. The van der Waals surface area contributed by atoms with Crippen LogP contribution in [0.5, 0.6) is 5.75 Å². The summed E-state index contributed by atoms with van der Waals surface area (Å²) < 4.78 is 5.79. The Labute approximate surface area is 160 Å². The van der Waals surface area contributed by atoms with Crippen molar-refractivity contribution in [1.29, 1.82) is 0 Å². The van der Waals surface area contributed by atoms with Gasteiger partial charge in [-0.25, -0.2) is 0 Å². The lowest BCUT2D eigenvalue weighted by Crippen LogP contribution is -2.33. The van der Waals surface area contributed by atoms with Crippen LogP contribution in [0.15, 0.2) is 30.3 Å². The maximum Gasteiger partial charge on any atom is 0.261 e. The van der Waals surface area contributed by atoms with Crippen LogP contribution in [-0.4, -0.2) is 36.5 Å². The number of amides is 1. The zero-order chi connectivity index (χ0) is 18.5. The molecule has 26 heavy (non-hydrogen) atoms. The van der Waals surface area contributed by atoms with Crippen molar-refractivity contribution >= 4 is 17.2 Å². The lowest BCUT2D eigenvalue weighted by atomic mass is 10.1. The summed E-state index contributed by atoms with van der Waals surface area (Å²) in [5.41, 5.74) is 2.19. The molecule has 1 amide bonds. The van der Waals surface area contributed by atoms with E-state index in [-0.39, 0.29) is 11.9 Å². The molecule has 2 heterocycles. The molecule has 1 aromatic carbocycles. The quantitative estimate of drug-likeness (QED) is 0.739. The number of hydrogen-bond acceptors (Lipinski definition) is 4. The van der Waals surface area contributed by atoms with E-state index in [1.807, 2.05) is 24.3 Å². The summed E-state index contributed by atoms with van der Waals surface area (Å²) in [4.78, 5) is 17.0. The molecule has 1 atom stereocenters. The molecule has 2 aromatic rings. The van der Waals surface area contributed by atoms with Gasteiger partial charge in [-0.05, 0) is 57.6 Å². The van der Waals surface area contributed by atoms with Crippen LogP contribution in [0.1, 0.15) is 48.8 Å². The molecule has 0 aliphatic carbocycles. The molecule has 0 saturated heterocycles. The molecule has 4 nitrogen and oxygen atoms in total. The Morgan fingerprint density at radius 2 is 2.08 bits per heavy atom. The van der Waals surface area contributed by atoms with Crippen LogP contribution < -0.4 is 10.1 Å². The van der Waals surface area contributed by atoms with Gasteiger partial charge in [0.15, 0.2) is 0 Å². The monoisotopic (exact) mass is 372 g/mol. The largest absolute Gasteiger partial charge is 0.488 e. The molecule has 140 valence electrons. The summed E-state index contributed by atoms with van der Waals surface area (Å²) in [6.45, 7) is 10.3. The van der Waals surface area contributed by atoms with Crippen LogP contribution in [0.2, 0.25) is 0 Å². The van der Waals surface area contributed by atoms with Crippen LogP contribution >= 0.6 is 11.3 Å². The highest BCUT2D eigenvalue weighted by molar-refractivity contribution is 7.17. The van der Waals surface area contributed by atoms with Crippen molar-refractivity contribution in [3.63, 3.8) is 0 Å². The van der Waals surface area contributed by atoms with E-state index in [1.165, 1.54) is 0 Å². The molecular weight excluding hydrogens is 344 g/mol. The molecule has 3 rings (SSSR count). The summed E-state index contributed by atoms with van der Waals surface area (Å²) in [5, 5.41) is 3.15. The van der Waals surface area contributed by atoms with E-state index in [0.717, 1.165) is 59.1 Å². The number of hydrogen-bond donors (Lipinski definition) is 1. The Kier molecular flexibility index (Phi) is 6.33. The number of nitrogens with one attached hydrogen (secondary N) is 1. The van der Waals surface area contributed by atoms with E-state index in [0.29, 0.717) is 6.61 Å². The average molecular weight is 373 g/mol. The highest BCUT2D eigenvalue weighted by Gasteiger charge is 2.22. The lowest BCUT2D eigenvalue weighted by molar-refractivity contribution is 0.0941. The van der Waals surface area contributed by atoms with E-state index in [1.54, 1.807) is 11.3 Å². The summed E-state index contributed by atoms with van der Waals surface area (Å²) in [5.74, 6) is 0.927. The van der Waals surface area contributed by atoms with Gasteiger partial charge in [0, 0.05) is 22.0 Å². The zero-order valence-electron chi connectivity index (χ0n) is 15.9. The van der Waals surface area contributed by atoms with Gasteiger partial charge in [0.05, 0.1) is 4.88 Å². The molecule has 1 unspecified atom stereocenters. The molecule has 0 spiro atoms. The summed E-state index contributed by atoms with van der Waals surface area (Å²) in [7, 11) is 0. The van der Waals surface area contributed by atoms with E-state index < -0.39 is 0 Å². The van der Waals surface area contributed by atoms with Crippen molar-refractivity contribution in [2.75, 3.05) is 19.6 Å². The van der Waals surface area contributed by atoms with Crippen LogP contribution in [0.3, 0.4) is 0 Å². The topological polar surface area (TPSA) is 41.6 Å². The second-order valence-corrected chi connectivity index (χ2v) is 7.85. The number of ether oxygens (including phenoxy) is 1. The highest BCUT2D eigenvalue weighted by atomic mass is 32.1. The highest BCUT2D eigenvalue weighted by Crippen LogP contribution is 2.42. The Bertz CT molecular complexity index is 752. The standard InChI is InChI=1S/C21H28N2O2S/c1-4-23(5-2)12-8-9-15(3)22-21(24)19-13-16-14-25-18-11-7-6-10-17(18)20(16)26-19/h6-7,10-11,13,15H,4-5,8-9,12,14H2,1-3H3,(H,22,24). The first-order chi connectivity index (χ1) is 12.6. The fourth-order valence-electron chi connectivity index (χ4n) is 3.34. The summed E-state index contributed by atoms with van der Waals surface area (Å²) >= 11 is 1.56. The zero-order valence-corrected chi connectivity index (χ0v) is 16.7. The summed E-state index contributed by atoms with van der Waals surface area (Å²) in [6, 6.07) is 10.2. The molecular formula is C21H28N2O2S. The first-order valence-corrected chi connectivity index (χ1v) is 10.3. The molecule has 0 fully saturated rings. The summed E-state index contributed by atoms with van der Waals surface area (Å²) in [6.07, 6.45) is 2.10. The Hall–Kier alpha value is -1.85. The van der Waals surface area contributed by atoms with E-state index >= 15 is 0 Å². The first-order valence-electron chi connectivity index (χ1n) is 9.50. The number of benzene rings is 1. The van der Waals surface area contributed by atoms with E-state index in [4.69, 9.17) is 4.74 Å². The minimum absolute atomic E-state index is 0.0252. The van der Waals surface area contributed by atoms with Gasteiger partial charge >= 0.3 is 0 Å². The van der Waals surface area contributed by atoms with Gasteiger partial charge < -0.3 is 15.0 Å². The number of rotatable bonds is 8. The molecule has 1 aliphatic rings. The van der Waals surface area contributed by atoms with Gasteiger partial charge in [-0.3, -0.25) is 4.79 Å². The van der Waals surface area contributed by atoms with Gasteiger partial charge in [0.1, 0.15) is 12.4 Å². The Morgan fingerprint density at radius 1 is 1.31 bits per heavy atom. The van der Waals surface area contributed by atoms with Crippen molar-refractivity contribution in [3.05, 3.63) is 40.8 Å². The molecule has 0 radical (unpaired) electrons. The number of thiophene rings is 1. The van der Waals surface area contributed by atoms with Crippen LogP contribution in [0.25, 0.3) is 10.4 Å². The van der Waals surface area contributed by atoms with Crippen molar-refractivity contribution in [2.45, 2.75) is 46.3 Å². The minimum atomic E-state index is 0.0252. The van der Waals surface area contributed by atoms with Crippen LogP contribution in [-0.2, 0) is 6.61 Å². The van der Waals surface area contributed by atoms with E-state index in [9.17, 15) is 4.79 Å². The average Bonchev–Trinajstić information content (AvgIpc) is 3.10. The predicted molar refractivity (Wildman–Crippen MR) is 108 cm³/mol. The maximum atomic E-state index is 12.6. The lowest BCUT2D eigenvalue weighted by Gasteiger charge is -2.19. The van der Waals surface area contributed by atoms with Crippen LogP contribution in [0, 0.1) is 0 Å². The van der Waals surface area contributed by atoms with Gasteiger partial charge in [0.2, 0.25) is 0 Å². The third-order valence-electron chi connectivity index (χ3n) is 4.93. The first kappa shape index (κ1) is 18.9. The third kappa shape index (κ3) is 4.27. The predicted octanol–water partition coefficient (Wildman–Crippen LogP) is 4.55. The molecule has 0 saturated carbocycles. The van der Waals surface area contributed by atoms with Gasteiger partial charge in [-0.1, -0.05) is 26.0 Å². The number of carbonyl (C=O) groups is 1. The Morgan fingerprint density at radius 3 is 2.85 bits per heavy atom. The number of fused-ring (bicyclic) bond motifs is 3. The molecule has 1 N–H and O–H groups in total. The third-order valence-corrected chi connectivity index (χ3v) is 6.14. The van der Waals surface area contributed by atoms with Gasteiger partial charge in [0.25, 0.3) is 5.91 Å². The number of carbonyl (C=O) groups excluding carboxylic acids is 1. The van der Waals surface area contributed by atoms with Gasteiger partial charge in [-0.15, -0.1) is 11.3 Å². The number of nitrogens with zero attached hydrogens (tertiary/aromatic N) is 1. The SMILES string of the molecule is CCN(CC)CCCC(C)NC(=O)c1cc2c(s1)-c1ccccc1OC2. The van der Waals surface area contributed by atoms with Crippen molar-refractivity contribution in [1.82, 2.24) is 10.2 Å². The molecule has 1 aromatic heterocycles. The van der Waals surface area contributed by atoms with Gasteiger partial charge in [-0.2, -0.15) is 0 Å².